The van der Waals surface area contributed by atoms with Crippen molar-refractivity contribution in [1.29, 1.82) is 0 Å². The third-order valence-electron chi connectivity index (χ3n) is 2.97. The van der Waals surface area contributed by atoms with Crippen LogP contribution in [-0.2, 0) is 6.42 Å². The van der Waals surface area contributed by atoms with Crippen LogP contribution in [0, 0.1) is 0 Å². The van der Waals surface area contributed by atoms with Crippen molar-refractivity contribution in [2.24, 2.45) is 5.73 Å². The van der Waals surface area contributed by atoms with Gasteiger partial charge in [-0.3, -0.25) is 0 Å². The standard InChI is InChI=1S/C12H19IN6/c1-2-8-7-17-19-10(15)5-11(18-12(8)19)16-4-3-9(14)6-13/h5,7,9H,2-4,6,14-15H2,1H3,(H,16,18)/t9-/m0/s1. The van der Waals surface area contributed by atoms with Gasteiger partial charge in [0.05, 0.1) is 6.20 Å². The van der Waals surface area contributed by atoms with Crippen LogP contribution >= 0.6 is 22.6 Å². The number of aryl methyl sites for hydroxylation is 1. The molecule has 2 heterocycles. The molecule has 0 bridgehead atoms. The zero-order chi connectivity index (χ0) is 13.8. The number of hydrogen-bond acceptors (Lipinski definition) is 5. The zero-order valence-electron chi connectivity index (χ0n) is 10.9. The van der Waals surface area contributed by atoms with Crippen molar-refractivity contribution in [3.63, 3.8) is 0 Å². The Morgan fingerprint density at radius 2 is 2.32 bits per heavy atom. The molecule has 0 aliphatic heterocycles. The van der Waals surface area contributed by atoms with Gasteiger partial charge in [-0.05, 0) is 12.8 Å². The summed E-state index contributed by atoms with van der Waals surface area (Å²) in [6.07, 6.45) is 3.61. The van der Waals surface area contributed by atoms with Crippen LogP contribution in [0.1, 0.15) is 18.9 Å². The Hall–Kier alpha value is -1.09. The SMILES string of the molecule is CCc1cnn2c(N)cc(NCC[C@H](N)CI)nc12. The number of aromatic nitrogens is 3. The molecule has 0 saturated heterocycles. The Morgan fingerprint density at radius 1 is 1.53 bits per heavy atom. The quantitative estimate of drug-likeness (QED) is 0.526. The molecule has 6 nitrogen and oxygen atoms in total. The van der Waals surface area contributed by atoms with E-state index in [4.69, 9.17) is 11.5 Å². The number of hydrogen-bond donors (Lipinski definition) is 3. The summed E-state index contributed by atoms with van der Waals surface area (Å²) >= 11 is 2.29. The minimum Gasteiger partial charge on any atom is -0.383 e. The van der Waals surface area contributed by atoms with Gasteiger partial charge in [0.1, 0.15) is 11.6 Å². The van der Waals surface area contributed by atoms with Crippen LogP contribution in [0.2, 0.25) is 0 Å². The van der Waals surface area contributed by atoms with Crippen molar-refractivity contribution in [3.8, 4) is 0 Å². The number of alkyl halides is 1. The maximum atomic E-state index is 5.98. The number of halogens is 1. The monoisotopic (exact) mass is 374 g/mol. The van der Waals surface area contributed by atoms with Crippen LogP contribution in [0.5, 0.6) is 0 Å². The number of nitrogens with one attached hydrogen (secondary N) is 1. The van der Waals surface area contributed by atoms with Crippen LogP contribution in [0.25, 0.3) is 5.65 Å². The Morgan fingerprint density at radius 3 is 3.00 bits per heavy atom. The molecule has 0 spiro atoms. The molecule has 0 unspecified atom stereocenters. The number of rotatable bonds is 6. The summed E-state index contributed by atoms with van der Waals surface area (Å²) in [6.45, 7) is 2.87. The predicted octanol–water partition coefficient (Wildman–Crippen LogP) is 1.44. The topological polar surface area (TPSA) is 94.3 Å². The Bertz CT molecular complexity index is 552. The second-order valence-electron chi connectivity index (χ2n) is 4.45. The van der Waals surface area contributed by atoms with Crippen molar-refractivity contribution in [2.45, 2.75) is 25.8 Å². The lowest BCUT2D eigenvalue weighted by molar-refractivity contribution is 0.706. The molecule has 0 radical (unpaired) electrons. The Labute approximate surface area is 126 Å². The maximum absolute atomic E-state index is 5.98. The van der Waals surface area contributed by atoms with Gasteiger partial charge in [-0.1, -0.05) is 29.5 Å². The van der Waals surface area contributed by atoms with E-state index >= 15 is 0 Å². The Balaban J connectivity index is 2.15. The van der Waals surface area contributed by atoms with E-state index in [1.165, 1.54) is 0 Å². The molecule has 2 aromatic rings. The first kappa shape index (κ1) is 14.3. The molecule has 5 N–H and O–H groups in total. The van der Waals surface area contributed by atoms with E-state index in [9.17, 15) is 0 Å². The molecule has 104 valence electrons. The fourth-order valence-electron chi connectivity index (χ4n) is 1.83. The maximum Gasteiger partial charge on any atom is 0.162 e. The van der Waals surface area contributed by atoms with E-state index < -0.39 is 0 Å². The smallest absolute Gasteiger partial charge is 0.162 e. The van der Waals surface area contributed by atoms with Gasteiger partial charge in [0.2, 0.25) is 0 Å². The van der Waals surface area contributed by atoms with Gasteiger partial charge >= 0.3 is 0 Å². The minimum absolute atomic E-state index is 0.218. The zero-order valence-corrected chi connectivity index (χ0v) is 13.1. The summed E-state index contributed by atoms with van der Waals surface area (Å²) < 4.78 is 2.62. The van der Waals surface area contributed by atoms with E-state index in [1.807, 2.05) is 6.20 Å². The van der Waals surface area contributed by atoms with Crippen molar-refractivity contribution < 1.29 is 0 Å². The second kappa shape index (κ2) is 6.38. The van der Waals surface area contributed by atoms with E-state index in [-0.39, 0.29) is 6.04 Å². The fraction of sp³-hybridized carbons (Fsp3) is 0.500. The molecule has 19 heavy (non-hydrogen) atoms. The summed E-state index contributed by atoms with van der Waals surface area (Å²) in [4.78, 5) is 4.56. The minimum atomic E-state index is 0.218. The normalized spacial score (nSPS) is 12.8. The van der Waals surface area contributed by atoms with Gasteiger partial charge in [-0.15, -0.1) is 0 Å². The first-order valence-electron chi connectivity index (χ1n) is 6.34. The Kier molecular flexibility index (Phi) is 4.81. The van der Waals surface area contributed by atoms with Crippen LogP contribution in [-0.4, -0.2) is 31.6 Å². The van der Waals surface area contributed by atoms with Crippen LogP contribution in [0.3, 0.4) is 0 Å². The van der Waals surface area contributed by atoms with Gasteiger partial charge < -0.3 is 16.8 Å². The van der Waals surface area contributed by atoms with E-state index in [0.717, 1.165) is 40.8 Å². The number of anilines is 2. The van der Waals surface area contributed by atoms with Gasteiger partial charge in [-0.2, -0.15) is 9.61 Å². The molecule has 0 aliphatic rings. The summed E-state index contributed by atoms with van der Waals surface area (Å²) in [5.74, 6) is 1.37. The van der Waals surface area contributed by atoms with Gasteiger partial charge in [0.15, 0.2) is 5.65 Å². The number of fused-ring (bicyclic) bond motifs is 1. The third-order valence-corrected chi connectivity index (χ3v) is 4.10. The average molecular weight is 374 g/mol. The molecular weight excluding hydrogens is 355 g/mol. The van der Waals surface area contributed by atoms with Crippen molar-refractivity contribution in [2.75, 3.05) is 22.0 Å². The number of nitrogens with two attached hydrogens (primary N) is 2. The lowest BCUT2D eigenvalue weighted by Crippen LogP contribution is -2.24. The summed E-state index contributed by atoms with van der Waals surface area (Å²) in [5, 5.41) is 7.50. The fourth-order valence-corrected chi connectivity index (χ4v) is 2.27. The number of nitrogens with zero attached hydrogens (tertiary/aromatic N) is 3. The van der Waals surface area contributed by atoms with Crippen molar-refractivity contribution in [1.82, 2.24) is 14.6 Å². The highest BCUT2D eigenvalue weighted by Gasteiger charge is 2.08. The largest absolute Gasteiger partial charge is 0.383 e. The van der Waals surface area contributed by atoms with Crippen molar-refractivity contribution in [3.05, 3.63) is 17.8 Å². The predicted molar refractivity (Wildman–Crippen MR) is 86.7 cm³/mol. The molecule has 0 fully saturated rings. The lowest BCUT2D eigenvalue weighted by Gasteiger charge is -2.10. The molecule has 0 amide bonds. The van der Waals surface area contributed by atoms with E-state index in [1.54, 1.807) is 10.6 Å². The molecule has 7 heteroatoms. The lowest BCUT2D eigenvalue weighted by atomic mass is 10.2. The first-order chi connectivity index (χ1) is 9.15. The molecule has 1 atom stereocenters. The average Bonchev–Trinajstić information content (AvgIpc) is 2.82. The molecule has 0 aromatic carbocycles. The molecule has 0 saturated carbocycles. The summed E-state index contributed by atoms with van der Waals surface area (Å²) in [6, 6.07) is 2.02. The van der Waals surface area contributed by atoms with Gasteiger partial charge in [0.25, 0.3) is 0 Å². The van der Waals surface area contributed by atoms with Crippen LogP contribution < -0.4 is 16.8 Å². The highest BCUT2D eigenvalue weighted by Crippen LogP contribution is 2.17. The van der Waals surface area contributed by atoms with Gasteiger partial charge in [0, 0.05) is 28.6 Å². The highest BCUT2D eigenvalue weighted by molar-refractivity contribution is 14.1. The van der Waals surface area contributed by atoms with Gasteiger partial charge in [-0.25, -0.2) is 4.98 Å². The molecule has 0 aliphatic carbocycles. The van der Waals surface area contributed by atoms with Crippen LogP contribution in [0.4, 0.5) is 11.6 Å². The summed E-state index contributed by atoms with van der Waals surface area (Å²) in [5.41, 5.74) is 13.8. The summed E-state index contributed by atoms with van der Waals surface area (Å²) in [7, 11) is 0. The third kappa shape index (κ3) is 3.27. The van der Waals surface area contributed by atoms with E-state index in [0.29, 0.717) is 5.82 Å². The van der Waals surface area contributed by atoms with Crippen LogP contribution in [0.15, 0.2) is 12.3 Å². The number of nitrogen functional groups attached to an aromatic ring is 1. The molecule has 2 rings (SSSR count). The van der Waals surface area contributed by atoms with Crippen molar-refractivity contribution >= 4 is 39.9 Å². The second-order valence-corrected chi connectivity index (χ2v) is 5.34. The molecular formula is C12H19IN6. The first-order valence-corrected chi connectivity index (χ1v) is 7.86. The van der Waals surface area contributed by atoms with E-state index in [2.05, 4.69) is 44.9 Å². The highest BCUT2D eigenvalue weighted by atomic mass is 127. The molecule has 2 aromatic heterocycles.